The number of nitrogens with one attached hydrogen (secondary N) is 1. The van der Waals surface area contributed by atoms with Gasteiger partial charge in [-0.2, -0.15) is 4.31 Å². The largest absolute Gasteiger partial charge is 0.298 e. The van der Waals surface area contributed by atoms with E-state index < -0.39 is 10.0 Å². The first-order valence-corrected chi connectivity index (χ1v) is 13.1. The molecule has 1 amide bonds. The molecular weight excluding hydrogens is 492 g/mol. The number of carbonyl (C=O) groups is 1. The number of fused-ring (bicyclic) bond motifs is 1. The second-order valence-electron chi connectivity index (χ2n) is 8.43. The fraction of sp³-hybridized carbons (Fsp3) is 0.333. The van der Waals surface area contributed by atoms with E-state index in [0.717, 1.165) is 30.8 Å². The van der Waals surface area contributed by atoms with Gasteiger partial charge in [0.1, 0.15) is 0 Å². The number of thiazole rings is 1. The Morgan fingerprint density at radius 2 is 1.82 bits per heavy atom. The van der Waals surface area contributed by atoms with Crippen molar-refractivity contribution < 1.29 is 13.2 Å². The average Bonchev–Trinajstić information content (AvgIpc) is 3.21. The lowest BCUT2D eigenvalue weighted by molar-refractivity contribution is 0.102. The second kappa shape index (κ2) is 11.0. The average molecular weight is 521 g/mol. The van der Waals surface area contributed by atoms with E-state index in [1.54, 1.807) is 7.05 Å². The van der Waals surface area contributed by atoms with Gasteiger partial charge in [-0.15, -0.1) is 23.7 Å². The lowest BCUT2D eigenvalue weighted by Crippen LogP contribution is -2.35. The van der Waals surface area contributed by atoms with Crippen LogP contribution in [0.25, 0.3) is 0 Å². The van der Waals surface area contributed by atoms with E-state index in [-0.39, 0.29) is 29.8 Å². The Morgan fingerprint density at radius 3 is 2.47 bits per heavy atom. The zero-order valence-electron chi connectivity index (χ0n) is 19.4. The van der Waals surface area contributed by atoms with Gasteiger partial charge in [-0.1, -0.05) is 30.3 Å². The quantitative estimate of drug-likeness (QED) is 0.499. The molecule has 4 rings (SSSR count). The molecule has 0 saturated heterocycles. The Labute approximate surface area is 211 Å². The summed E-state index contributed by atoms with van der Waals surface area (Å²) < 4.78 is 27.1. The van der Waals surface area contributed by atoms with Crippen LogP contribution in [0.15, 0.2) is 59.5 Å². The Morgan fingerprint density at radius 1 is 1.15 bits per heavy atom. The molecule has 0 bridgehead atoms. The van der Waals surface area contributed by atoms with Crippen molar-refractivity contribution in [2.45, 2.75) is 44.3 Å². The Bertz CT molecular complexity index is 1230. The fourth-order valence-electron chi connectivity index (χ4n) is 3.76. The van der Waals surface area contributed by atoms with Gasteiger partial charge >= 0.3 is 0 Å². The predicted molar refractivity (Wildman–Crippen MR) is 138 cm³/mol. The molecule has 34 heavy (non-hydrogen) atoms. The highest BCUT2D eigenvalue weighted by Crippen LogP contribution is 2.29. The lowest BCUT2D eigenvalue weighted by atomic mass is 10.1. The molecule has 1 aliphatic heterocycles. The zero-order valence-corrected chi connectivity index (χ0v) is 21.8. The predicted octanol–water partition coefficient (Wildman–Crippen LogP) is 4.40. The minimum Gasteiger partial charge on any atom is -0.298 e. The molecule has 0 aliphatic carbocycles. The third-order valence-corrected chi connectivity index (χ3v) is 8.60. The standard InChI is InChI=1S/C24H28N4O3S2.ClH/c1-17(2)28-14-13-21-22(16-28)32-24(25-21)26-23(29)19-9-11-20(12-10-19)33(30,31)27(3)15-18-7-5-4-6-8-18;/h4-12,17H,13-16H2,1-3H3,(H,25,26,29);1H. The Balaban J connectivity index is 0.00000324. The molecule has 182 valence electrons. The van der Waals surface area contributed by atoms with Crippen LogP contribution in [0, 0.1) is 0 Å². The second-order valence-corrected chi connectivity index (χ2v) is 11.6. The molecule has 1 N–H and O–H groups in total. The maximum absolute atomic E-state index is 12.9. The summed E-state index contributed by atoms with van der Waals surface area (Å²) in [7, 11) is -2.12. The van der Waals surface area contributed by atoms with Crippen LogP contribution < -0.4 is 5.32 Å². The van der Waals surface area contributed by atoms with Crippen LogP contribution in [0.3, 0.4) is 0 Å². The molecule has 0 fully saturated rings. The van der Waals surface area contributed by atoms with Crippen molar-refractivity contribution in [3.05, 3.63) is 76.3 Å². The van der Waals surface area contributed by atoms with Gasteiger partial charge in [-0.25, -0.2) is 13.4 Å². The van der Waals surface area contributed by atoms with E-state index in [1.807, 2.05) is 30.3 Å². The first-order valence-electron chi connectivity index (χ1n) is 10.9. The van der Waals surface area contributed by atoms with Crippen molar-refractivity contribution in [1.82, 2.24) is 14.2 Å². The van der Waals surface area contributed by atoms with Crippen LogP contribution in [-0.2, 0) is 29.5 Å². The molecule has 0 unspecified atom stereocenters. The number of sulfonamides is 1. The van der Waals surface area contributed by atoms with Crippen molar-refractivity contribution in [1.29, 1.82) is 0 Å². The molecule has 1 aliphatic rings. The van der Waals surface area contributed by atoms with Crippen molar-refractivity contribution >= 4 is 44.8 Å². The molecule has 0 saturated carbocycles. The minimum absolute atomic E-state index is 0. The molecule has 2 aromatic carbocycles. The van der Waals surface area contributed by atoms with Gasteiger partial charge in [0.2, 0.25) is 10.0 Å². The van der Waals surface area contributed by atoms with Gasteiger partial charge in [0.05, 0.1) is 10.6 Å². The van der Waals surface area contributed by atoms with Gasteiger partial charge in [0.25, 0.3) is 5.91 Å². The summed E-state index contributed by atoms with van der Waals surface area (Å²) in [4.78, 5) is 21.0. The number of nitrogens with zero attached hydrogens (tertiary/aromatic N) is 3. The topological polar surface area (TPSA) is 82.6 Å². The maximum Gasteiger partial charge on any atom is 0.257 e. The number of hydrogen-bond acceptors (Lipinski definition) is 6. The molecule has 0 radical (unpaired) electrons. The molecule has 1 aromatic heterocycles. The van der Waals surface area contributed by atoms with Crippen LogP contribution in [0.5, 0.6) is 0 Å². The summed E-state index contributed by atoms with van der Waals surface area (Å²) in [5, 5.41) is 3.44. The summed E-state index contributed by atoms with van der Waals surface area (Å²) in [5.74, 6) is -0.302. The van der Waals surface area contributed by atoms with Crippen molar-refractivity contribution in [3.63, 3.8) is 0 Å². The fourth-order valence-corrected chi connectivity index (χ4v) is 5.95. The van der Waals surface area contributed by atoms with Crippen molar-refractivity contribution in [2.75, 3.05) is 18.9 Å². The van der Waals surface area contributed by atoms with E-state index in [0.29, 0.717) is 16.7 Å². The first-order chi connectivity index (χ1) is 15.7. The number of hydrogen-bond donors (Lipinski definition) is 1. The Kier molecular flexibility index (Phi) is 8.48. The van der Waals surface area contributed by atoms with Crippen LogP contribution in [-0.4, -0.2) is 48.1 Å². The maximum atomic E-state index is 12.9. The Hall–Kier alpha value is -2.30. The van der Waals surface area contributed by atoms with E-state index in [4.69, 9.17) is 0 Å². The summed E-state index contributed by atoms with van der Waals surface area (Å²) in [6, 6.07) is 15.9. The summed E-state index contributed by atoms with van der Waals surface area (Å²) in [6.07, 6.45) is 0.878. The van der Waals surface area contributed by atoms with Crippen LogP contribution in [0.1, 0.15) is 40.3 Å². The molecular formula is C24H29ClN4O3S2. The van der Waals surface area contributed by atoms with Crippen molar-refractivity contribution in [3.8, 4) is 0 Å². The lowest BCUT2D eigenvalue weighted by Gasteiger charge is -2.29. The molecule has 10 heteroatoms. The highest BCUT2D eigenvalue weighted by molar-refractivity contribution is 7.89. The van der Waals surface area contributed by atoms with E-state index in [1.165, 1.54) is 44.8 Å². The molecule has 0 spiro atoms. The van der Waals surface area contributed by atoms with Crippen LogP contribution in [0.2, 0.25) is 0 Å². The smallest absolute Gasteiger partial charge is 0.257 e. The molecule has 0 atom stereocenters. The van der Waals surface area contributed by atoms with Gasteiger partial charge < -0.3 is 0 Å². The number of rotatable bonds is 7. The van der Waals surface area contributed by atoms with Gasteiger partial charge in [0, 0.05) is 49.6 Å². The number of aromatic nitrogens is 1. The summed E-state index contributed by atoms with van der Waals surface area (Å²) in [6.45, 7) is 6.45. The number of anilines is 1. The monoisotopic (exact) mass is 520 g/mol. The summed E-state index contributed by atoms with van der Waals surface area (Å²) >= 11 is 1.50. The van der Waals surface area contributed by atoms with E-state index in [9.17, 15) is 13.2 Å². The first kappa shape index (κ1) is 26.3. The highest BCUT2D eigenvalue weighted by atomic mass is 35.5. The molecule has 7 nitrogen and oxygen atoms in total. The normalized spacial score (nSPS) is 14.0. The number of carbonyl (C=O) groups excluding carboxylic acids is 1. The molecule has 3 aromatic rings. The van der Waals surface area contributed by atoms with Gasteiger partial charge in [-0.05, 0) is 43.7 Å². The third kappa shape index (κ3) is 5.84. The minimum atomic E-state index is -3.67. The van der Waals surface area contributed by atoms with Crippen LogP contribution >= 0.6 is 23.7 Å². The van der Waals surface area contributed by atoms with Crippen LogP contribution in [0.4, 0.5) is 5.13 Å². The molecule has 2 heterocycles. The third-order valence-electron chi connectivity index (χ3n) is 5.78. The van der Waals surface area contributed by atoms with Gasteiger partial charge in [-0.3, -0.25) is 15.0 Å². The highest BCUT2D eigenvalue weighted by Gasteiger charge is 2.24. The number of amides is 1. The number of benzene rings is 2. The van der Waals surface area contributed by atoms with Gasteiger partial charge in [0.15, 0.2) is 5.13 Å². The summed E-state index contributed by atoms with van der Waals surface area (Å²) in [5.41, 5.74) is 2.34. The SMILES string of the molecule is CC(C)N1CCc2nc(NC(=O)c3ccc(S(=O)(=O)N(C)Cc4ccccc4)cc3)sc2C1.Cl. The number of halogens is 1. The zero-order chi connectivity index (χ0) is 23.6. The van der Waals surface area contributed by atoms with E-state index in [2.05, 4.69) is 29.0 Å². The van der Waals surface area contributed by atoms with E-state index >= 15 is 0 Å². The van der Waals surface area contributed by atoms with Crippen molar-refractivity contribution in [2.24, 2.45) is 0 Å².